The van der Waals surface area contributed by atoms with Gasteiger partial charge in [0.05, 0.1) is 6.04 Å². The maximum absolute atomic E-state index is 3.40. The molecule has 0 saturated carbocycles. The predicted molar refractivity (Wildman–Crippen MR) is 50.9 cm³/mol. The topological polar surface area (TPSA) is 15.3 Å². The normalized spacial score (nSPS) is 29.2. The molecule has 66 valence electrons. The Labute approximate surface area is 73.9 Å². The number of allylic oxidation sites excluding steroid dienone is 3. The Morgan fingerprint density at radius 2 is 2.33 bits per heavy atom. The van der Waals surface area contributed by atoms with Gasteiger partial charge in [0.2, 0.25) is 0 Å². The average molecular weight is 164 g/mol. The van der Waals surface area contributed by atoms with Gasteiger partial charge in [0, 0.05) is 19.3 Å². The Kier molecular flexibility index (Phi) is 1.93. The van der Waals surface area contributed by atoms with Gasteiger partial charge in [-0.15, -0.1) is 0 Å². The monoisotopic (exact) mass is 164 g/mol. The molecule has 1 N–H and O–H groups in total. The van der Waals surface area contributed by atoms with E-state index < -0.39 is 0 Å². The lowest BCUT2D eigenvalue weighted by Crippen LogP contribution is -2.43. The molecule has 0 aromatic carbocycles. The van der Waals surface area contributed by atoms with Gasteiger partial charge >= 0.3 is 0 Å². The van der Waals surface area contributed by atoms with Gasteiger partial charge in [-0.1, -0.05) is 6.08 Å². The molecular weight excluding hydrogens is 148 g/mol. The molecule has 1 unspecified atom stereocenters. The van der Waals surface area contributed by atoms with E-state index in [2.05, 4.69) is 36.3 Å². The Morgan fingerprint density at radius 1 is 1.50 bits per heavy atom. The van der Waals surface area contributed by atoms with Crippen molar-refractivity contribution in [3.05, 3.63) is 23.4 Å². The molecule has 2 rings (SSSR count). The van der Waals surface area contributed by atoms with Crippen molar-refractivity contribution in [1.29, 1.82) is 0 Å². The summed E-state index contributed by atoms with van der Waals surface area (Å²) in [7, 11) is 2.19. The number of hydrogen-bond acceptors (Lipinski definition) is 2. The molecule has 2 heterocycles. The van der Waals surface area contributed by atoms with Crippen LogP contribution in [0.15, 0.2) is 23.4 Å². The molecule has 0 aromatic heterocycles. The van der Waals surface area contributed by atoms with Crippen LogP contribution in [-0.2, 0) is 0 Å². The fraction of sp³-hybridized carbons (Fsp3) is 0.600. The van der Waals surface area contributed by atoms with Crippen LogP contribution >= 0.6 is 0 Å². The van der Waals surface area contributed by atoms with Crippen molar-refractivity contribution < 1.29 is 0 Å². The first-order valence-corrected chi connectivity index (χ1v) is 4.60. The summed E-state index contributed by atoms with van der Waals surface area (Å²) >= 11 is 0. The van der Waals surface area contributed by atoms with Crippen LogP contribution in [0.1, 0.15) is 13.3 Å². The minimum atomic E-state index is 0.663. The fourth-order valence-corrected chi connectivity index (χ4v) is 1.98. The largest absolute Gasteiger partial charge is 0.371 e. The highest BCUT2D eigenvalue weighted by Crippen LogP contribution is 2.23. The van der Waals surface area contributed by atoms with Gasteiger partial charge in [-0.3, -0.25) is 0 Å². The van der Waals surface area contributed by atoms with E-state index >= 15 is 0 Å². The second-order valence-corrected chi connectivity index (χ2v) is 3.64. The second kappa shape index (κ2) is 2.94. The standard InChI is InChI=1S/C10H16N2/c1-8-3-4-9-7-11-6-5-10(9)12(8)2/h3-4,10-11H,5-7H2,1-2H3. The minimum absolute atomic E-state index is 0.663. The van der Waals surface area contributed by atoms with Crippen LogP contribution in [0.3, 0.4) is 0 Å². The molecule has 1 saturated heterocycles. The highest BCUT2D eigenvalue weighted by Gasteiger charge is 2.24. The van der Waals surface area contributed by atoms with Gasteiger partial charge in [0.15, 0.2) is 0 Å². The van der Waals surface area contributed by atoms with E-state index in [9.17, 15) is 0 Å². The number of nitrogens with one attached hydrogen (secondary N) is 1. The van der Waals surface area contributed by atoms with Gasteiger partial charge in [0.25, 0.3) is 0 Å². The Balaban J connectivity index is 2.24. The third-order valence-corrected chi connectivity index (χ3v) is 2.91. The fourth-order valence-electron chi connectivity index (χ4n) is 1.98. The molecule has 0 aliphatic carbocycles. The molecule has 2 nitrogen and oxygen atoms in total. The van der Waals surface area contributed by atoms with Gasteiger partial charge in [0.1, 0.15) is 0 Å². The van der Waals surface area contributed by atoms with Crippen LogP contribution in [0.5, 0.6) is 0 Å². The molecule has 12 heavy (non-hydrogen) atoms. The molecule has 1 fully saturated rings. The molecule has 2 aliphatic rings. The van der Waals surface area contributed by atoms with Crippen LogP contribution in [-0.4, -0.2) is 31.1 Å². The lowest BCUT2D eigenvalue weighted by Gasteiger charge is -2.38. The molecule has 2 heteroatoms. The van der Waals surface area contributed by atoms with E-state index in [1.807, 2.05) is 0 Å². The molecule has 0 aromatic rings. The highest BCUT2D eigenvalue weighted by atomic mass is 15.2. The number of likely N-dealkylation sites (N-methyl/N-ethyl adjacent to an activating group) is 1. The first kappa shape index (κ1) is 7.87. The Morgan fingerprint density at radius 3 is 3.17 bits per heavy atom. The first-order valence-electron chi connectivity index (χ1n) is 4.60. The molecule has 0 bridgehead atoms. The number of hydrogen-bond donors (Lipinski definition) is 1. The quantitative estimate of drug-likeness (QED) is 0.577. The Bertz CT molecular complexity index is 240. The van der Waals surface area contributed by atoms with E-state index in [4.69, 9.17) is 0 Å². The molecule has 0 spiro atoms. The van der Waals surface area contributed by atoms with Gasteiger partial charge in [-0.05, 0) is 31.5 Å². The zero-order valence-electron chi connectivity index (χ0n) is 7.80. The summed E-state index contributed by atoms with van der Waals surface area (Å²) in [5, 5.41) is 3.40. The first-order chi connectivity index (χ1) is 5.79. The third-order valence-electron chi connectivity index (χ3n) is 2.91. The summed E-state index contributed by atoms with van der Waals surface area (Å²) in [6.45, 7) is 4.40. The van der Waals surface area contributed by atoms with Gasteiger partial charge < -0.3 is 10.2 Å². The summed E-state index contributed by atoms with van der Waals surface area (Å²) in [5.74, 6) is 0. The number of nitrogens with zero attached hydrogens (tertiary/aromatic N) is 1. The van der Waals surface area contributed by atoms with Crippen molar-refractivity contribution in [2.45, 2.75) is 19.4 Å². The maximum Gasteiger partial charge on any atom is 0.0523 e. The van der Waals surface area contributed by atoms with Gasteiger partial charge in [-0.2, -0.15) is 0 Å². The minimum Gasteiger partial charge on any atom is -0.371 e. The summed E-state index contributed by atoms with van der Waals surface area (Å²) in [5.41, 5.74) is 2.92. The van der Waals surface area contributed by atoms with Crippen molar-refractivity contribution in [2.75, 3.05) is 20.1 Å². The van der Waals surface area contributed by atoms with Crippen molar-refractivity contribution in [1.82, 2.24) is 10.2 Å². The van der Waals surface area contributed by atoms with Crippen molar-refractivity contribution >= 4 is 0 Å². The van der Waals surface area contributed by atoms with E-state index in [0.717, 1.165) is 13.1 Å². The number of rotatable bonds is 0. The smallest absolute Gasteiger partial charge is 0.0523 e. The highest BCUT2D eigenvalue weighted by molar-refractivity contribution is 5.29. The van der Waals surface area contributed by atoms with Crippen LogP contribution in [0.2, 0.25) is 0 Å². The van der Waals surface area contributed by atoms with Crippen LogP contribution < -0.4 is 5.32 Å². The summed E-state index contributed by atoms with van der Waals surface area (Å²) in [6.07, 6.45) is 5.72. The summed E-state index contributed by atoms with van der Waals surface area (Å²) < 4.78 is 0. The summed E-state index contributed by atoms with van der Waals surface area (Å²) in [6, 6.07) is 0.663. The van der Waals surface area contributed by atoms with Gasteiger partial charge in [-0.25, -0.2) is 0 Å². The van der Waals surface area contributed by atoms with Crippen molar-refractivity contribution in [3.8, 4) is 0 Å². The van der Waals surface area contributed by atoms with E-state index in [0.29, 0.717) is 6.04 Å². The lowest BCUT2D eigenvalue weighted by atomic mass is 9.95. The molecule has 0 amide bonds. The lowest BCUT2D eigenvalue weighted by molar-refractivity contribution is 0.293. The Hall–Kier alpha value is -0.760. The number of fused-ring (bicyclic) bond motifs is 1. The molecular formula is C10H16N2. The van der Waals surface area contributed by atoms with E-state index in [-0.39, 0.29) is 0 Å². The van der Waals surface area contributed by atoms with Crippen LogP contribution in [0, 0.1) is 0 Å². The second-order valence-electron chi connectivity index (χ2n) is 3.64. The summed E-state index contributed by atoms with van der Waals surface area (Å²) in [4.78, 5) is 2.39. The predicted octanol–water partition coefficient (Wildman–Crippen LogP) is 1.12. The van der Waals surface area contributed by atoms with E-state index in [1.165, 1.54) is 17.7 Å². The molecule has 2 aliphatic heterocycles. The molecule has 1 atom stereocenters. The third kappa shape index (κ3) is 1.16. The number of piperidine rings is 1. The average Bonchev–Trinajstić information content (AvgIpc) is 2.12. The zero-order chi connectivity index (χ0) is 8.55. The maximum atomic E-state index is 3.40. The SMILES string of the molecule is CC1=CC=C2CNCCC2N1C. The zero-order valence-corrected chi connectivity index (χ0v) is 7.80. The van der Waals surface area contributed by atoms with Crippen LogP contribution in [0.25, 0.3) is 0 Å². The van der Waals surface area contributed by atoms with E-state index in [1.54, 1.807) is 0 Å². The van der Waals surface area contributed by atoms with Crippen molar-refractivity contribution in [2.24, 2.45) is 0 Å². The molecule has 0 radical (unpaired) electrons. The van der Waals surface area contributed by atoms with Crippen molar-refractivity contribution in [3.63, 3.8) is 0 Å². The van der Waals surface area contributed by atoms with Crippen LogP contribution in [0.4, 0.5) is 0 Å².